The quantitative estimate of drug-likeness (QED) is 0.0195. The van der Waals surface area contributed by atoms with Gasteiger partial charge in [-0.15, -0.1) is 0 Å². The molecule has 7 unspecified atom stereocenters. The molecule has 0 bridgehead atoms. The number of unbranched alkanes of at least 4 members (excludes halogenated alkanes) is 41. The Hall–Kier alpha value is -2.38. The summed E-state index contributed by atoms with van der Waals surface area (Å²) in [4.78, 5) is 25.1. The van der Waals surface area contributed by atoms with Gasteiger partial charge in [0.1, 0.15) is 24.4 Å². The highest BCUT2D eigenvalue weighted by molar-refractivity contribution is 5.76. The van der Waals surface area contributed by atoms with Gasteiger partial charge in [-0.25, -0.2) is 0 Å². The smallest absolute Gasteiger partial charge is 0.305 e. The molecule has 1 aliphatic rings. The number of rotatable bonds is 61. The molecule has 0 aromatic rings. The maximum Gasteiger partial charge on any atom is 0.305 e. The molecule has 1 amide bonds. The number of hydrogen-bond donors (Lipinski definition) is 6. The van der Waals surface area contributed by atoms with Crippen LogP contribution in [-0.4, -0.2) is 100 Å². The molecule has 1 fully saturated rings. The molecule has 480 valence electrons. The first-order valence-corrected chi connectivity index (χ1v) is 34.9. The van der Waals surface area contributed by atoms with Gasteiger partial charge in [0.25, 0.3) is 0 Å². The Bertz CT molecular complexity index is 1500. The first-order valence-electron chi connectivity index (χ1n) is 34.9. The topological polar surface area (TPSA) is 175 Å². The molecule has 0 saturated carbocycles. The number of hydrogen-bond acceptors (Lipinski definition) is 10. The molecular formula is C71H131NO10. The first-order chi connectivity index (χ1) is 40.2. The molecule has 1 saturated heterocycles. The maximum absolute atomic E-state index is 13.1. The van der Waals surface area contributed by atoms with Crippen molar-refractivity contribution in [1.29, 1.82) is 0 Å². The molecule has 0 aromatic carbocycles. The lowest BCUT2D eigenvalue weighted by Gasteiger charge is -2.40. The summed E-state index contributed by atoms with van der Waals surface area (Å²) in [6.45, 7) is 4.32. The van der Waals surface area contributed by atoms with Crippen LogP contribution >= 0.6 is 0 Å². The average Bonchev–Trinajstić information content (AvgIpc) is 3.68. The summed E-state index contributed by atoms with van der Waals surface area (Å²) in [6.07, 6.45) is 68.1. The van der Waals surface area contributed by atoms with Crippen molar-refractivity contribution >= 4 is 11.9 Å². The molecular weight excluding hydrogens is 1030 g/mol. The van der Waals surface area contributed by atoms with Gasteiger partial charge in [-0.05, 0) is 83.5 Å². The lowest BCUT2D eigenvalue weighted by atomic mass is 9.99. The minimum atomic E-state index is -1.57. The van der Waals surface area contributed by atoms with Crippen LogP contribution in [0.15, 0.2) is 48.6 Å². The second-order valence-electron chi connectivity index (χ2n) is 24.2. The number of carbonyl (C=O) groups is 2. The van der Waals surface area contributed by atoms with E-state index in [1.54, 1.807) is 6.08 Å². The zero-order valence-electron chi connectivity index (χ0n) is 53.2. The fourth-order valence-electron chi connectivity index (χ4n) is 10.9. The minimum absolute atomic E-state index is 0.00602. The molecule has 11 nitrogen and oxygen atoms in total. The van der Waals surface area contributed by atoms with Gasteiger partial charge in [-0.1, -0.05) is 281 Å². The summed E-state index contributed by atoms with van der Waals surface area (Å²) in [7, 11) is 0. The van der Waals surface area contributed by atoms with Gasteiger partial charge in [-0.3, -0.25) is 9.59 Å². The average molecular weight is 1160 g/mol. The standard InChI is InChI=1S/C71H131NO10/c1-3-5-7-9-11-13-15-38-41-45-49-53-57-64(74)63(62-81-71-70(79)69(78)68(77)65(61-73)82-71)72-66(75)58-54-50-46-42-39-35-33-31-29-27-25-23-21-19-17-16-18-20-22-24-26-28-30-32-34-36-40-44-48-52-56-60-80-67(76)59-55-51-47-43-37-14-12-10-8-6-4-2/h10,12,18,20,24,26,53,57,63-65,68-71,73-74,77-79H,3-9,11,13-17,19,21-23,25,27-52,54-56,58-62H2,1-2H3,(H,72,75)/b12-10-,20-18-,26-24-,57-53+. The third kappa shape index (κ3) is 48.8. The van der Waals surface area contributed by atoms with E-state index in [1.807, 2.05) is 6.08 Å². The second kappa shape index (κ2) is 60.3. The van der Waals surface area contributed by atoms with Gasteiger partial charge in [0.15, 0.2) is 6.29 Å². The van der Waals surface area contributed by atoms with Crippen LogP contribution in [0.5, 0.6) is 0 Å². The van der Waals surface area contributed by atoms with Crippen LogP contribution < -0.4 is 5.32 Å². The molecule has 82 heavy (non-hydrogen) atoms. The molecule has 0 radical (unpaired) electrons. The molecule has 11 heteroatoms. The van der Waals surface area contributed by atoms with Crippen molar-refractivity contribution in [3.05, 3.63) is 48.6 Å². The van der Waals surface area contributed by atoms with E-state index in [9.17, 15) is 35.1 Å². The highest BCUT2D eigenvalue weighted by Gasteiger charge is 2.44. The van der Waals surface area contributed by atoms with Gasteiger partial charge in [-0.2, -0.15) is 0 Å². The van der Waals surface area contributed by atoms with Crippen molar-refractivity contribution in [3.8, 4) is 0 Å². The Morgan fingerprint density at radius 3 is 1.28 bits per heavy atom. The van der Waals surface area contributed by atoms with Crippen LogP contribution in [0.4, 0.5) is 0 Å². The SMILES string of the molecule is CCCC/C=C\CCCCCCCC(=O)OCCCCCCCCCCC/C=C\C/C=C\CCCCCCCCCCCCCCCCCC(=O)NC(COC1OC(CO)C(O)C(O)C1O)C(O)/C=C/CCCCCCCCCCCC. The molecule has 0 aliphatic carbocycles. The summed E-state index contributed by atoms with van der Waals surface area (Å²) in [5.41, 5.74) is 0. The van der Waals surface area contributed by atoms with Crippen LogP contribution in [0, 0.1) is 0 Å². The van der Waals surface area contributed by atoms with Gasteiger partial charge < -0.3 is 45.1 Å². The maximum atomic E-state index is 13.1. The number of aliphatic hydroxyl groups excluding tert-OH is 5. The Morgan fingerprint density at radius 1 is 0.451 bits per heavy atom. The zero-order valence-corrected chi connectivity index (χ0v) is 53.2. The minimum Gasteiger partial charge on any atom is -0.466 e. The Kier molecular flexibility index (Phi) is 57.1. The highest BCUT2D eigenvalue weighted by Crippen LogP contribution is 2.23. The van der Waals surface area contributed by atoms with E-state index in [2.05, 4.69) is 55.6 Å². The van der Waals surface area contributed by atoms with E-state index in [-0.39, 0.29) is 18.5 Å². The van der Waals surface area contributed by atoms with E-state index in [4.69, 9.17) is 14.2 Å². The Morgan fingerprint density at radius 2 is 0.829 bits per heavy atom. The number of ether oxygens (including phenoxy) is 3. The predicted molar refractivity (Wildman–Crippen MR) is 343 cm³/mol. The number of carbonyl (C=O) groups excluding carboxylic acids is 2. The Labute approximate surface area is 504 Å². The highest BCUT2D eigenvalue weighted by atomic mass is 16.7. The van der Waals surface area contributed by atoms with E-state index in [0.29, 0.717) is 19.4 Å². The molecule has 0 aromatic heterocycles. The molecule has 7 atom stereocenters. The fraction of sp³-hybridized carbons (Fsp3) is 0.859. The monoisotopic (exact) mass is 1160 g/mol. The summed E-state index contributed by atoms with van der Waals surface area (Å²) < 4.78 is 16.7. The number of esters is 1. The van der Waals surface area contributed by atoms with Crippen LogP contribution in [0.25, 0.3) is 0 Å². The van der Waals surface area contributed by atoms with Crippen molar-refractivity contribution < 1.29 is 49.3 Å². The largest absolute Gasteiger partial charge is 0.466 e. The van der Waals surface area contributed by atoms with Crippen LogP contribution in [0.2, 0.25) is 0 Å². The van der Waals surface area contributed by atoms with Crippen molar-refractivity contribution in [1.82, 2.24) is 5.32 Å². The van der Waals surface area contributed by atoms with Gasteiger partial charge in [0, 0.05) is 12.8 Å². The van der Waals surface area contributed by atoms with E-state index >= 15 is 0 Å². The van der Waals surface area contributed by atoms with E-state index < -0.39 is 49.5 Å². The second-order valence-corrected chi connectivity index (χ2v) is 24.2. The van der Waals surface area contributed by atoms with Crippen molar-refractivity contribution in [2.45, 2.75) is 371 Å². The van der Waals surface area contributed by atoms with Crippen molar-refractivity contribution in [3.63, 3.8) is 0 Å². The van der Waals surface area contributed by atoms with E-state index in [0.717, 1.165) is 64.2 Å². The third-order valence-corrected chi connectivity index (χ3v) is 16.4. The number of amides is 1. The Balaban J connectivity index is 1.98. The summed E-state index contributed by atoms with van der Waals surface area (Å²) in [6, 6.07) is -0.810. The van der Waals surface area contributed by atoms with Crippen LogP contribution in [-0.2, 0) is 23.8 Å². The lowest BCUT2D eigenvalue weighted by molar-refractivity contribution is -0.302. The normalized spacial score (nSPS) is 18.5. The third-order valence-electron chi connectivity index (χ3n) is 16.4. The molecule has 1 heterocycles. The molecule has 6 N–H and O–H groups in total. The molecule has 1 aliphatic heterocycles. The first kappa shape index (κ1) is 77.6. The van der Waals surface area contributed by atoms with Gasteiger partial charge in [0.05, 0.1) is 32.0 Å². The van der Waals surface area contributed by atoms with E-state index in [1.165, 1.54) is 238 Å². The summed E-state index contributed by atoms with van der Waals surface area (Å²) in [5, 5.41) is 54.5. The van der Waals surface area contributed by atoms with Crippen molar-refractivity contribution in [2.75, 3.05) is 19.8 Å². The lowest BCUT2D eigenvalue weighted by Crippen LogP contribution is -2.60. The van der Waals surface area contributed by atoms with Crippen molar-refractivity contribution in [2.24, 2.45) is 0 Å². The predicted octanol–water partition coefficient (Wildman–Crippen LogP) is 17.6. The summed E-state index contributed by atoms with van der Waals surface area (Å²) in [5.74, 6) is -0.186. The number of aliphatic hydroxyl groups is 5. The number of nitrogens with one attached hydrogen (secondary N) is 1. The van der Waals surface area contributed by atoms with Crippen LogP contribution in [0.1, 0.15) is 328 Å². The van der Waals surface area contributed by atoms with Crippen LogP contribution in [0.3, 0.4) is 0 Å². The number of allylic oxidation sites excluding steroid dienone is 7. The zero-order chi connectivity index (χ0) is 59.5. The molecule has 1 rings (SSSR count). The molecule has 0 spiro atoms. The van der Waals surface area contributed by atoms with Gasteiger partial charge >= 0.3 is 5.97 Å². The van der Waals surface area contributed by atoms with Gasteiger partial charge in [0.2, 0.25) is 5.91 Å². The summed E-state index contributed by atoms with van der Waals surface area (Å²) >= 11 is 0. The fourth-order valence-corrected chi connectivity index (χ4v) is 10.9.